The fourth-order valence-electron chi connectivity index (χ4n) is 8.39. The van der Waals surface area contributed by atoms with Gasteiger partial charge in [0.05, 0.1) is 18.3 Å². The van der Waals surface area contributed by atoms with Crippen LogP contribution in [0, 0.1) is 0 Å². The van der Waals surface area contributed by atoms with Gasteiger partial charge in [-0.25, -0.2) is 0 Å². The molecule has 1 rings (SSSR count). The summed E-state index contributed by atoms with van der Waals surface area (Å²) in [4.78, 5) is 44.0. The van der Waals surface area contributed by atoms with E-state index in [4.69, 9.17) is 9.47 Å². The lowest BCUT2D eigenvalue weighted by molar-refractivity contribution is -0.150. The second kappa shape index (κ2) is 44.7. The molecule has 1 heterocycles. The van der Waals surface area contributed by atoms with Gasteiger partial charge >= 0.3 is 11.9 Å². The van der Waals surface area contributed by atoms with E-state index in [1.54, 1.807) is 24.5 Å². The molecule has 0 bridgehead atoms. The third-order valence-electron chi connectivity index (χ3n) is 12.4. The van der Waals surface area contributed by atoms with Gasteiger partial charge in [-0.1, -0.05) is 162 Å². The lowest BCUT2D eigenvalue weighted by Gasteiger charge is -2.25. The van der Waals surface area contributed by atoms with Crippen molar-refractivity contribution in [2.75, 3.05) is 32.8 Å². The minimum Gasteiger partial charge on any atom is -0.466 e. The summed E-state index contributed by atoms with van der Waals surface area (Å²) >= 11 is 0. The van der Waals surface area contributed by atoms with Gasteiger partial charge in [0.25, 0.3) is 5.91 Å². The first kappa shape index (κ1) is 58.5. The Morgan fingerprint density at radius 2 is 1.06 bits per heavy atom. The van der Waals surface area contributed by atoms with Crippen LogP contribution < -0.4 is 5.32 Å². The summed E-state index contributed by atoms with van der Waals surface area (Å²) < 4.78 is 11.6. The smallest absolute Gasteiger partial charge is 0.306 e. The molecule has 2 N–H and O–H groups in total. The molecule has 0 aliphatic heterocycles. The number of hydrogen-bond acceptors (Lipinski definition) is 8. The van der Waals surface area contributed by atoms with E-state index < -0.39 is 6.10 Å². The quantitative estimate of drug-likeness (QED) is 0.0491. The zero-order chi connectivity index (χ0) is 45.7. The van der Waals surface area contributed by atoms with E-state index in [1.807, 2.05) is 0 Å². The third kappa shape index (κ3) is 38.5. The number of hydrogen-bond donors (Lipinski definition) is 2. The summed E-state index contributed by atoms with van der Waals surface area (Å²) in [5.74, 6) is -0.207. The Morgan fingerprint density at radius 1 is 0.587 bits per heavy atom. The predicted molar refractivity (Wildman–Crippen MR) is 263 cm³/mol. The number of esters is 2. The van der Waals surface area contributed by atoms with Crippen LogP contribution in [0.2, 0.25) is 0 Å². The van der Waals surface area contributed by atoms with Gasteiger partial charge in [-0.05, 0) is 102 Å². The number of aromatic nitrogens is 1. The molecule has 0 spiro atoms. The van der Waals surface area contributed by atoms with Crippen molar-refractivity contribution in [1.82, 2.24) is 15.2 Å². The summed E-state index contributed by atoms with van der Waals surface area (Å²) in [5.41, 5.74) is 0.558. The maximum atomic E-state index is 12.9. The number of aliphatic hydroxyl groups excluding tert-OH is 1. The number of amides is 1. The average Bonchev–Trinajstić information content (AvgIpc) is 3.28. The van der Waals surface area contributed by atoms with Crippen molar-refractivity contribution in [3.63, 3.8) is 0 Å². The zero-order valence-electron chi connectivity index (χ0n) is 41.3. The molecule has 0 aromatic carbocycles. The number of ether oxygens (including phenoxy) is 2. The Hall–Kier alpha value is -2.52. The van der Waals surface area contributed by atoms with E-state index in [2.05, 4.69) is 36.0 Å². The minimum atomic E-state index is -0.424. The van der Waals surface area contributed by atoms with E-state index in [0.717, 1.165) is 116 Å². The Balaban J connectivity index is 2.41. The normalized spacial score (nSPS) is 12.0. The monoisotopic (exact) mass is 886 g/mol. The van der Waals surface area contributed by atoms with Crippen LogP contribution in [-0.4, -0.2) is 77.8 Å². The van der Waals surface area contributed by atoms with E-state index in [9.17, 15) is 19.5 Å². The van der Waals surface area contributed by atoms with Gasteiger partial charge in [0.1, 0.15) is 6.10 Å². The van der Waals surface area contributed by atoms with Crippen LogP contribution in [0.5, 0.6) is 0 Å². The van der Waals surface area contributed by atoms with Gasteiger partial charge in [0.15, 0.2) is 0 Å². The first-order valence-corrected chi connectivity index (χ1v) is 26.8. The number of aliphatic hydroxyl groups is 1. The third-order valence-corrected chi connectivity index (χ3v) is 12.4. The van der Waals surface area contributed by atoms with Crippen LogP contribution >= 0.6 is 0 Å². The molecular formula is C54H99N3O6. The Kier molecular flexibility index (Phi) is 41.5. The highest BCUT2D eigenvalue weighted by Crippen LogP contribution is 2.19. The van der Waals surface area contributed by atoms with Gasteiger partial charge in [0.2, 0.25) is 0 Å². The molecular weight excluding hydrogens is 787 g/mol. The highest BCUT2D eigenvalue weighted by molar-refractivity contribution is 5.93. The van der Waals surface area contributed by atoms with E-state index in [1.165, 1.54) is 109 Å². The summed E-state index contributed by atoms with van der Waals surface area (Å²) in [6, 6.07) is 3.52. The number of nitrogens with zero attached hydrogens (tertiary/aromatic N) is 2. The number of pyridine rings is 1. The van der Waals surface area contributed by atoms with Crippen LogP contribution in [0.4, 0.5) is 0 Å². The van der Waals surface area contributed by atoms with Gasteiger partial charge < -0.3 is 24.8 Å². The number of rotatable bonds is 47. The Labute approximate surface area is 387 Å². The second-order valence-corrected chi connectivity index (χ2v) is 18.5. The maximum Gasteiger partial charge on any atom is 0.306 e. The lowest BCUT2D eigenvalue weighted by Crippen LogP contribution is -2.34. The van der Waals surface area contributed by atoms with E-state index in [-0.39, 0.29) is 23.9 Å². The molecule has 1 unspecified atom stereocenters. The van der Waals surface area contributed by atoms with Crippen molar-refractivity contribution in [1.29, 1.82) is 0 Å². The van der Waals surface area contributed by atoms with Crippen molar-refractivity contribution in [3.8, 4) is 0 Å². The fraction of sp³-hybridized carbons (Fsp3) is 0.852. The number of nitrogens with one attached hydrogen (secondary N) is 1. The predicted octanol–water partition coefficient (Wildman–Crippen LogP) is 14.0. The maximum absolute atomic E-state index is 12.9. The molecule has 0 radical (unpaired) electrons. The molecule has 0 aliphatic carbocycles. The lowest BCUT2D eigenvalue weighted by atomic mass is 10.0. The molecule has 9 nitrogen and oxygen atoms in total. The van der Waals surface area contributed by atoms with Gasteiger partial charge in [-0.2, -0.15) is 0 Å². The SMILES string of the molecule is CCCCCCCCCCCOC(=O)CCCCCN(CCCCCCCC(=O)OC(CCCCCCCC)CCCCCCCC)CC(O)CCCCNC(=O)c1cccnc1. The molecule has 0 saturated heterocycles. The van der Waals surface area contributed by atoms with Crippen LogP contribution in [-0.2, 0) is 19.1 Å². The van der Waals surface area contributed by atoms with Crippen LogP contribution in [0.25, 0.3) is 0 Å². The van der Waals surface area contributed by atoms with Gasteiger partial charge in [-0.3, -0.25) is 19.4 Å². The summed E-state index contributed by atoms with van der Waals surface area (Å²) in [6.45, 7) is 10.3. The van der Waals surface area contributed by atoms with Gasteiger partial charge in [0, 0.05) is 38.3 Å². The summed E-state index contributed by atoms with van der Waals surface area (Å²) in [7, 11) is 0. The van der Waals surface area contributed by atoms with Crippen molar-refractivity contribution >= 4 is 17.8 Å². The molecule has 1 aromatic rings. The number of carbonyl (C=O) groups is 3. The molecule has 1 aromatic heterocycles. The average molecular weight is 886 g/mol. The van der Waals surface area contributed by atoms with Crippen molar-refractivity contribution in [3.05, 3.63) is 30.1 Å². The van der Waals surface area contributed by atoms with Crippen LogP contribution in [0.3, 0.4) is 0 Å². The molecule has 0 fully saturated rings. The molecule has 0 aliphatic rings. The fourth-order valence-corrected chi connectivity index (χ4v) is 8.39. The summed E-state index contributed by atoms with van der Waals surface area (Å²) in [5, 5.41) is 14.0. The van der Waals surface area contributed by atoms with E-state index >= 15 is 0 Å². The van der Waals surface area contributed by atoms with Crippen LogP contribution in [0.1, 0.15) is 262 Å². The highest BCUT2D eigenvalue weighted by Gasteiger charge is 2.15. The van der Waals surface area contributed by atoms with Crippen molar-refractivity contribution < 1.29 is 29.0 Å². The molecule has 0 saturated carbocycles. The Morgan fingerprint density at radius 3 is 1.62 bits per heavy atom. The molecule has 366 valence electrons. The zero-order valence-corrected chi connectivity index (χ0v) is 41.3. The number of carbonyl (C=O) groups excluding carboxylic acids is 3. The first-order chi connectivity index (χ1) is 30.9. The second-order valence-electron chi connectivity index (χ2n) is 18.5. The first-order valence-electron chi connectivity index (χ1n) is 26.8. The topological polar surface area (TPSA) is 118 Å². The molecule has 9 heteroatoms. The van der Waals surface area contributed by atoms with Crippen molar-refractivity contribution in [2.24, 2.45) is 0 Å². The van der Waals surface area contributed by atoms with Crippen molar-refractivity contribution in [2.45, 2.75) is 264 Å². The standard InChI is InChI=1S/C54H99N3O6/c1-4-7-10-13-16-17-18-24-34-46-62-52(59)40-29-25-33-45-57(48-50(58)37-30-31-43-56-54(61)49-36-35-42-55-47-49)44-32-23-19-22-28-41-53(60)63-51(38-26-20-14-11-8-5-2)39-27-21-15-12-9-6-3/h35-36,42,47,50-51,58H,4-34,37-41,43-46,48H2,1-3H3,(H,56,61). The summed E-state index contributed by atoms with van der Waals surface area (Å²) in [6.07, 6.45) is 42.6. The minimum absolute atomic E-state index is 0.0138. The van der Waals surface area contributed by atoms with E-state index in [0.29, 0.717) is 44.5 Å². The largest absolute Gasteiger partial charge is 0.466 e. The molecule has 1 amide bonds. The molecule has 63 heavy (non-hydrogen) atoms. The Bertz CT molecular complexity index is 1150. The van der Waals surface area contributed by atoms with Gasteiger partial charge in [-0.15, -0.1) is 0 Å². The highest BCUT2D eigenvalue weighted by atomic mass is 16.5. The molecule has 1 atom stereocenters. The number of unbranched alkanes of at least 4 members (excludes halogenated alkanes) is 25. The van der Waals surface area contributed by atoms with Crippen LogP contribution in [0.15, 0.2) is 24.5 Å².